The maximum Gasteiger partial charge on any atom is 0.274 e. The summed E-state index contributed by atoms with van der Waals surface area (Å²) in [5, 5.41) is 4.34. The number of likely N-dealkylation sites (tertiary alicyclic amines) is 1. The number of nitrogens with zero attached hydrogens (tertiary/aromatic N) is 4. The molecular formula is C18H22N4O3S. The smallest absolute Gasteiger partial charge is 0.274 e. The first-order valence-corrected chi connectivity index (χ1v) is 9.68. The number of pyridine rings is 1. The summed E-state index contributed by atoms with van der Waals surface area (Å²) in [5.74, 6) is 1.76. The Labute approximate surface area is 156 Å². The van der Waals surface area contributed by atoms with Crippen LogP contribution >= 0.6 is 11.8 Å². The summed E-state index contributed by atoms with van der Waals surface area (Å²) in [6.45, 7) is 2.75. The van der Waals surface area contributed by atoms with E-state index in [-0.39, 0.29) is 16.8 Å². The first-order valence-electron chi connectivity index (χ1n) is 8.70. The van der Waals surface area contributed by atoms with Crippen molar-refractivity contribution >= 4 is 17.7 Å². The van der Waals surface area contributed by atoms with Crippen LogP contribution in [0, 0.1) is 0 Å². The fraction of sp³-hybridized carbons (Fsp3) is 0.500. The molecule has 0 aliphatic carbocycles. The Bertz CT molecular complexity index is 761. The molecule has 1 amide bonds. The van der Waals surface area contributed by atoms with E-state index in [1.54, 1.807) is 30.3 Å². The van der Waals surface area contributed by atoms with Crippen molar-refractivity contribution in [1.29, 1.82) is 0 Å². The van der Waals surface area contributed by atoms with E-state index in [1.165, 1.54) is 0 Å². The van der Waals surface area contributed by atoms with E-state index in [1.807, 2.05) is 35.0 Å². The van der Waals surface area contributed by atoms with Crippen LogP contribution in [0.4, 0.5) is 0 Å². The molecule has 0 saturated carbocycles. The van der Waals surface area contributed by atoms with Crippen molar-refractivity contribution in [1.82, 2.24) is 19.7 Å². The molecule has 1 atom stereocenters. The summed E-state index contributed by atoms with van der Waals surface area (Å²) in [6.07, 6.45) is 6.44. The van der Waals surface area contributed by atoms with Crippen molar-refractivity contribution in [2.45, 2.75) is 23.8 Å². The monoisotopic (exact) mass is 374 g/mol. The SMILES string of the molecule is COCCn1ccc(C(=O)N2CC3(C[C@H](Oc4cccnc4)CS3)C2)n1. The van der Waals surface area contributed by atoms with Gasteiger partial charge in [0.2, 0.25) is 0 Å². The van der Waals surface area contributed by atoms with Gasteiger partial charge in [-0.15, -0.1) is 11.8 Å². The van der Waals surface area contributed by atoms with Crippen LogP contribution in [0.5, 0.6) is 5.75 Å². The third kappa shape index (κ3) is 3.57. The molecule has 1 spiro atoms. The number of thioether (sulfide) groups is 1. The molecule has 4 rings (SSSR count). The van der Waals surface area contributed by atoms with Gasteiger partial charge < -0.3 is 14.4 Å². The lowest BCUT2D eigenvalue weighted by Gasteiger charge is -2.47. The molecule has 2 aliphatic rings. The average molecular weight is 374 g/mol. The molecule has 2 fully saturated rings. The Morgan fingerprint density at radius 3 is 3.08 bits per heavy atom. The second-order valence-corrected chi connectivity index (χ2v) is 8.23. The zero-order valence-electron chi connectivity index (χ0n) is 14.7. The van der Waals surface area contributed by atoms with Gasteiger partial charge in [0.1, 0.15) is 17.5 Å². The fourth-order valence-electron chi connectivity index (χ4n) is 3.45. The van der Waals surface area contributed by atoms with E-state index in [4.69, 9.17) is 9.47 Å². The second-order valence-electron chi connectivity index (χ2n) is 6.74. The lowest BCUT2D eigenvalue weighted by atomic mass is 9.92. The zero-order valence-corrected chi connectivity index (χ0v) is 15.5. The van der Waals surface area contributed by atoms with Gasteiger partial charge in [-0.3, -0.25) is 14.5 Å². The summed E-state index contributed by atoms with van der Waals surface area (Å²) < 4.78 is 12.9. The van der Waals surface area contributed by atoms with Gasteiger partial charge in [0.25, 0.3) is 5.91 Å². The van der Waals surface area contributed by atoms with Gasteiger partial charge in [0.05, 0.1) is 24.1 Å². The maximum atomic E-state index is 12.6. The number of rotatable bonds is 6. The van der Waals surface area contributed by atoms with Crippen LogP contribution in [-0.4, -0.2) is 69.0 Å². The fourth-order valence-corrected chi connectivity index (χ4v) is 4.97. The largest absolute Gasteiger partial charge is 0.488 e. The van der Waals surface area contributed by atoms with Gasteiger partial charge in [-0.2, -0.15) is 5.10 Å². The third-order valence-corrected chi connectivity index (χ3v) is 6.32. The molecule has 2 aliphatic heterocycles. The highest BCUT2D eigenvalue weighted by atomic mass is 32.2. The number of aromatic nitrogens is 3. The Morgan fingerprint density at radius 1 is 1.42 bits per heavy atom. The molecule has 0 aromatic carbocycles. The number of amides is 1. The predicted molar refractivity (Wildman–Crippen MR) is 98.5 cm³/mol. The van der Waals surface area contributed by atoms with Crippen LogP contribution in [0.15, 0.2) is 36.8 Å². The van der Waals surface area contributed by atoms with E-state index >= 15 is 0 Å². The van der Waals surface area contributed by atoms with Crippen molar-refractivity contribution in [3.05, 3.63) is 42.5 Å². The van der Waals surface area contributed by atoms with Gasteiger partial charge in [-0.25, -0.2) is 0 Å². The zero-order chi connectivity index (χ0) is 18.0. The topological polar surface area (TPSA) is 69.5 Å². The molecule has 0 unspecified atom stereocenters. The minimum Gasteiger partial charge on any atom is -0.488 e. The van der Waals surface area contributed by atoms with Gasteiger partial charge in [-0.05, 0) is 18.2 Å². The molecule has 2 saturated heterocycles. The summed E-state index contributed by atoms with van der Waals surface area (Å²) in [7, 11) is 1.65. The van der Waals surface area contributed by atoms with Crippen LogP contribution in [0.3, 0.4) is 0 Å². The highest BCUT2D eigenvalue weighted by Gasteiger charge is 2.51. The van der Waals surface area contributed by atoms with E-state index < -0.39 is 0 Å². The van der Waals surface area contributed by atoms with Gasteiger partial charge >= 0.3 is 0 Å². The molecule has 26 heavy (non-hydrogen) atoms. The molecule has 138 valence electrons. The maximum absolute atomic E-state index is 12.6. The Balaban J connectivity index is 1.29. The van der Waals surface area contributed by atoms with E-state index in [2.05, 4.69) is 10.1 Å². The molecule has 2 aromatic rings. The van der Waals surface area contributed by atoms with Gasteiger partial charge in [0, 0.05) is 44.8 Å². The number of carbonyl (C=O) groups excluding carboxylic acids is 1. The molecule has 2 aromatic heterocycles. The molecule has 0 bridgehead atoms. The van der Waals surface area contributed by atoms with E-state index in [9.17, 15) is 4.79 Å². The number of methoxy groups -OCH3 is 1. The highest BCUT2D eigenvalue weighted by Crippen LogP contribution is 2.46. The lowest BCUT2D eigenvalue weighted by Crippen LogP contribution is -2.60. The number of hydrogen-bond acceptors (Lipinski definition) is 6. The van der Waals surface area contributed by atoms with Crippen molar-refractivity contribution in [3.63, 3.8) is 0 Å². The Hall–Kier alpha value is -2.06. The Kier molecular flexibility index (Phi) is 4.86. The minimum absolute atomic E-state index is 0.00372. The van der Waals surface area contributed by atoms with Crippen molar-refractivity contribution in [3.8, 4) is 5.75 Å². The third-order valence-electron chi connectivity index (χ3n) is 4.74. The quantitative estimate of drug-likeness (QED) is 0.767. The first kappa shape index (κ1) is 17.4. The molecule has 4 heterocycles. The van der Waals surface area contributed by atoms with Crippen LogP contribution in [0.1, 0.15) is 16.9 Å². The molecule has 7 nitrogen and oxygen atoms in total. The standard InChI is InChI=1S/C18H22N4O3S/c1-24-8-7-22-6-4-16(20-22)17(23)21-12-18(13-21)9-15(11-26-18)25-14-3-2-5-19-10-14/h2-6,10,15H,7-9,11-13H2,1H3/t15-/m0/s1. The molecule has 0 radical (unpaired) electrons. The van der Waals surface area contributed by atoms with Crippen molar-refractivity contribution < 1.29 is 14.3 Å². The molecule has 0 N–H and O–H groups in total. The number of carbonyl (C=O) groups is 1. The van der Waals surface area contributed by atoms with Crippen LogP contribution in [-0.2, 0) is 11.3 Å². The summed E-state index contributed by atoms with van der Waals surface area (Å²) in [5.41, 5.74) is 0.502. The van der Waals surface area contributed by atoms with Crippen LogP contribution in [0.25, 0.3) is 0 Å². The molecule has 8 heteroatoms. The van der Waals surface area contributed by atoms with Gasteiger partial charge in [0.15, 0.2) is 0 Å². The summed E-state index contributed by atoms with van der Waals surface area (Å²) >= 11 is 1.91. The van der Waals surface area contributed by atoms with E-state index in [0.717, 1.165) is 31.0 Å². The normalized spacial score (nSPS) is 21.0. The van der Waals surface area contributed by atoms with Crippen molar-refractivity contribution in [2.24, 2.45) is 0 Å². The number of ether oxygens (including phenoxy) is 2. The molecular weight excluding hydrogens is 352 g/mol. The second kappa shape index (κ2) is 7.28. The Morgan fingerprint density at radius 2 is 2.31 bits per heavy atom. The van der Waals surface area contributed by atoms with Gasteiger partial charge in [-0.1, -0.05) is 0 Å². The van der Waals surface area contributed by atoms with E-state index in [0.29, 0.717) is 18.8 Å². The predicted octanol–water partition coefficient (Wildman–Crippen LogP) is 1.70. The van der Waals surface area contributed by atoms with Crippen LogP contribution in [0.2, 0.25) is 0 Å². The summed E-state index contributed by atoms with van der Waals surface area (Å²) in [4.78, 5) is 18.6. The first-order chi connectivity index (χ1) is 12.7. The van der Waals surface area contributed by atoms with Crippen LogP contribution < -0.4 is 4.74 Å². The van der Waals surface area contributed by atoms with Crippen molar-refractivity contribution in [2.75, 3.05) is 32.6 Å². The average Bonchev–Trinajstić information content (AvgIpc) is 3.26. The summed E-state index contributed by atoms with van der Waals surface area (Å²) in [6, 6.07) is 5.58. The highest BCUT2D eigenvalue weighted by molar-refractivity contribution is 8.01. The number of hydrogen-bond donors (Lipinski definition) is 0. The lowest BCUT2D eigenvalue weighted by molar-refractivity contribution is 0.0510. The minimum atomic E-state index is 0.00372.